The van der Waals surface area contributed by atoms with Crippen molar-refractivity contribution in [3.8, 4) is 0 Å². The zero-order valence-electron chi connectivity index (χ0n) is 12.2. The summed E-state index contributed by atoms with van der Waals surface area (Å²) in [4.78, 5) is 0. The fourth-order valence-electron chi connectivity index (χ4n) is 3.38. The highest BCUT2D eigenvalue weighted by Crippen LogP contribution is 2.34. The molecular formula is C16H25NO. The normalized spacial score (nSPS) is 25.4. The predicted octanol–water partition coefficient (Wildman–Crippen LogP) is 3.30. The summed E-state index contributed by atoms with van der Waals surface area (Å²) in [5, 5.41) is 3.50. The molecule has 2 nitrogen and oxygen atoms in total. The number of nitrogens with one attached hydrogen (secondary N) is 1. The molecule has 0 bridgehead atoms. The van der Waals surface area contributed by atoms with E-state index in [4.69, 9.17) is 4.74 Å². The van der Waals surface area contributed by atoms with Gasteiger partial charge in [0.05, 0.1) is 12.7 Å². The van der Waals surface area contributed by atoms with Crippen molar-refractivity contribution in [1.29, 1.82) is 0 Å². The summed E-state index contributed by atoms with van der Waals surface area (Å²) in [6.45, 7) is 9.65. The van der Waals surface area contributed by atoms with Crippen LogP contribution in [0.4, 0.5) is 0 Å². The summed E-state index contributed by atoms with van der Waals surface area (Å²) in [6.07, 6.45) is 1.55. The van der Waals surface area contributed by atoms with Gasteiger partial charge in [-0.15, -0.1) is 0 Å². The molecule has 100 valence electrons. The van der Waals surface area contributed by atoms with Crippen LogP contribution in [0.1, 0.15) is 41.6 Å². The van der Waals surface area contributed by atoms with E-state index in [1.807, 2.05) is 0 Å². The fourth-order valence-corrected chi connectivity index (χ4v) is 3.38. The Kier molecular flexibility index (Phi) is 4.08. The highest BCUT2D eigenvalue weighted by atomic mass is 16.5. The van der Waals surface area contributed by atoms with Crippen molar-refractivity contribution in [2.24, 2.45) is 5.92 Å². The van der Waals surface area contributed by atoms with Crippen molar-refractivity contribution in [2.75, 3.05) is 13.7 Å². The van der Waals surface area contributed by atoms with E-state index in [1.165, 1.54) is 22.3 Å². The van der Waals surface area contributed by atoms with Gasteiger partial charge in [-0.2, -0.15) is 0 Å². The maximum absolute atomic E-state index is 5.73. The Hall–Kier alpha value is -0.860. The van der Waals surface area contributed by atoms with Crippen LogP contribution < -0.4 is 5.32 Å². The van der Waals surface area contributed by atoms with Crippen molar-refractivity contribution in [1.82, 2.24) is 5.32 Å². The molecule has 1 aliphatic rings. The Morgan fingerprint density at radius 3 is 2.28 bits per heavy atom. The van der Waals surface area contributed by atoms with E-state index < -0.39 is 0 Å². The smallest absolute Gasteiger partial charge is 0.0551 e. The molecule has 1 saturated heterocycles. The van der Waals surface area contributed by atoms with Crippen LogP contribution in [0.5, 0.6) is 0 Å². The third-order valence-corrected chi connectivity index (χ3v) is 4.06. The molecule has 3 unspecified atom stereocenters. The molecule has 1 fully saturated rings. The molecule has 0 spiro atoms. The Balaban J connectivity index is 2.33. The second-order valence-electron chi connectivity index (χ2n) is 5.72. The van der Waals surface area contributed by atoms with E-state index in [1.54, 1.807) is 0 Å². The molecular weight excluding hydrogens is 222 g/mol. The first-order valence-corrected chi connectivity index (χ1v) is 6.89. The Labute approximate surface area is 111 Å². The van der Waals surface area contributed by atoms with E-state index in [0.29, 0.717) is 18.1 Å². The maximum atomic E-state index is 5.73. The van der Waals surface area contributed by atoms with Gasteiger partial charge in [-0.1, -0.05) is 17.7 Å². The quantitative estimate of drug-likeness (QED) is 0.885. The Morgan fingerprint density at radius 1 is 1.22 bits per heavy atom. The number of benzene rings is 1. The van der Waals surface area contributed by atoms with Gasteiger partial charge in [-0.25, -0.2) is 0 Å². The van der Waals surface area contributed by atoms with E-state index in [0.717, 1.165) is 13.0 Å². The lowest BCUT2D eigenvalue weighted by atomic mass is 9.85. The van der Waals surface area contributed by atoms with E-state index >= 15 is 0 Å². The SMILES string of the molecule is CNC(c1c(C)cc(C)cc1C)C1COC(C)C1. The molecule has 1 aromatic carbocycles. The van der Waals surface area contributed by atoms with E-state index in [2.05, 4.69) is 52.2 Å². The number of hydrogen-bond donors (Lipinski definition) is 1. The highest BCUT2D eigenvalue weighted by Gasteiger charge is 2.31. The molecule has 1 N–H and O–H groups in total. The maximum Gasteiger partial charge on any atom is 0.0551 e. The van der Waals surface area contributed by atoms with Crippen LogP contribution in [-0.2, 0) is 4.74 Å². The molecule has 0 saturated carbocycles. The van der Waals surface area contributed by atoms with Crippen LogP contribution in [0.2, 0.25) is 0 Å². The minimum atomic E-state index is 0.400. The zero-order valence-corrected chi connectivity index (χ0v) is 12.2. The third-order valence-electron chi connectivity index (χ3n) is 4.06. The lowest BCUT2D eigenvalue weighted by Crippen LogP contribution is -2.27. The van der Waals surface area contributed by atoms with Gasteiger partial charge in [-0.3, -0.25) is 0 Å². The van der Waals surface area contributed by atoms with Gasteiger partial charge in [0.1, 0.15) is 0 Å². The molecule has 0 radical (unpaired) electrons. The highest BCUT2D eigenvalue weighted by molar-refractivity contribution is 5.40. The molecule has 0 amide bonds. The average Bonchev–Trinajstić information content (AvgIpc) is 2.69. The molecule has 0 aromatic heterocycles. The monoisotopic (exact) mass is 247 g/mol. The van der Waals surface area contributed by atoms with Gasteiger partial charge in [0.25, 0.3) is 0 Å². The van der Waals surface area contributed by atoms with E-state index in [-0.39, 0.29) is 0 Å². The third kappa shape index (κ3) is 2.60. The first-order chi connectivity index (χ1) is 8.52. The van der Waals surface area contributed by atoms with Crippen LogP contribution in [0.3, 0.4) is 0 Å². The number of hydrogen-bond acceptors (Lipinski definition) is 2. The summed E-state index contributed by atoms with van der Waals surface area (Å²) in [5.74, 6) is 0.588. The zero-order chi connectivity index (χ0) is 13.3. The van der Waals surface area contributed by atoms with Crippen molar-refractivity contribution in [3.05, 3.63) is 34.4 Å². The molecule has 2 heteroatoms. The first-order valence-electron chi connectivity index (χ1n) is 6.89. The summed E-state index contributed by atoms with van der Waals surface area (Å²) in [7, 11) is 2.06. The fraction of sp³-hybridized carbons (Fsp3) is 0.625. The summed E-state index contributed by atoms with van der Waals surface area (Å²) in [6, 6.07) is 4.98. The molecule has 1 heterocycles. The van der Waals surface area contributed by atoms with Crippen LogP contribution in [0.15, 0.2) is 12.1 Å². The summed E-state index contributed by atoms with van der Waals surface area (Å²) in [5.41, 5.74) is 5.60. The summed E-state index contributed by atoms with van der Waals surface area (Å²) >= 11 is 0. The van der Waals surface area contributed by atoms with Gasteiger partial charge in [0.15, 0.2) is 0 Å². The number of aryl methyl sites for hydroxylation is 3. The van der Waals surface area contributed by atoms with Crippen molar-refractivity contribution in [2.45, 2.75) is 46.3 Å². The van der Waals surface area contributed by atoms with E-state index in [9.17, 15) is 0 Å². The minimum absolute atomic E-state index is 0.400. The molecule has 3 atom stereocenters. The first kappa shape index (κ1) is 13.6. The van der Waals surface area contributed by atoms with Crippen molar-refractivity contribution >= 4 is 0 Å². The Bertz CT molecular complexity index is 404. The lowest BCUT2D eigenvalue weighted by molar-refractivity contribution is 0.117. The summed E-state index contributed by atoms with van der Waals surface area (Å²) < 4.78 is 5.73. The van der Waals surface area contributed by atoms with Crippen LogP contribution in [0, 0.1) is 26.7 Å². The van der Waals surface area contributed by atoms with Crippen LogP contribution in [0.25, 0.3) is 0 Å². The molecule has 2 rings (SSSR count). The standard InChI is InChI=1S/C16H25NO/c1-10-6-11(2)15(12(3)7-10)16(17-5)14-8-13(4)18-9-14/h6-7,13-14,16-17H,8-9H2,1-5H3. The predicted molar refractivity (Wildman–Crippen MR) is 76.0 cm³/mol. The van der Waals surface area contributed by atoms with Crippen LogP contribution in [-0.4, -0.2) is 19.8 Å². The number of ether oxygens (including phenoxy) is 1. The minimum Gasteiger partial charge on any atom is -0.378 e. The molecule has 1 aliphatic heterocycles. The second-order valence-corrected chi connectivity index (χ2v) is 5.72. The average molecular weight is 247 g/mol. The second kappa shape index (κ2) is 5.41. The lowest BCUT2D eigenvalue weighted by Gasteiger charge is -2.26. The van der Waals surface area contributed by atoms with Crippen molar-refractivity contribution in [3.63, 3.8) is 0 Å². The topological polar surface area (TPSA) is 21.3 Å². The largest absolute Gasteiger partial charge is 0.378 e. The van der Waals surface area contributed by atoms with Gasteiger partial charge in [0.2, 0.25) is 0 Å². The van der Waals surface area contributed by atoms with Gasteiger partial charge >= 0.3 is 0 Å². The molecule has 0 aliphatic carbocycles. The van der Waals surface area contributed by atoms with Crippen LogP contribution >= 0.6 is 0 Å². The van der Waals surface area contributed by atoms with Gasteiger partial charge in [0, 0.05) is 12.0 Å². The molecule has 1 aromatic rings. The number of rotatable bonds is 3. The van der Waals surface area contributed by atoms with Gasteiger partial charge in [-0.05, 0) is 57.9 Å². The molecule has 18 heavy (non-hydrogen) atoms. The Morgan fingerprint density at radius 2 is 1.83 bits per heavy atom. The van der Waals surface area contributed by atoms with Gasteiger partial charge < -0.3 is 10.1 Å². The van der Waals surface area contributed by atoms with Crippen molar-refractivity contribution < 1.29 is 4.74 Å².